The minimum Gasteiger partial charge on any atom is -0.316 e. The van der Waals surface area contributed by atoms with Crippen molar-refractivity contribution in [2.45, 2.75) is 176 Å². The third-order valence-electron chi connectivity index (χ3n) is 6.66. The molecule has 0 aliphatic rings. The van der Waals surface area contributed by atoms with Gasteiger partial charge in [0.25, 0.3) is 0 Å². The summed E-state index contributed by atoms with van der Waals surface area (Å²) >= 11 is 0. The minimum absolute atomic E-state index is 0.264. The summed E-state index contributed by atoms with van der Waals surface area (Å²) in [5.41, 5.74) is 5.76. The monoisotopic (exact) mass is 441 g/mol. The summed E-state index contributed by atoms with van der Waals surface area (Å²) in [6.07, 6.45) is 30.7. The summed E-state index contributed by atoms with van der Waals surface area (Å²) in [5.74, 6) is 0. The van der Waals surface area contributed by atoms with Crippen molar-refractivity contribution in [2.24, 2.45) is 5.73 Å². The quantitative estimate of drug-likeness (QED) is 0.126. The maximum Gasteiger partial charge on any atom is 0.0568 e. The molecule has 31 heavy (non-hydrogen) atoms. The number of hydrogen-bond donors (Lipinski definition) is 1. The molecule has 0 heterocycles. The second kappa shape index (κ2) is 29.9. The van der Waals surface area contributed by atoms with Gasteiger partial charge >= 0.3 is 0 Å². The van der Waals surface area contributed by atoms with Crippen molar-refractivity contribution in [3.05, 3.63) is 0 Å². The van der Waals surface area contributed by atoms with Crippen LogP contribution in [0.3, 0.4) is 0 Å². The fourth-order valence-corrected chi connectivity index (χ4v) is 4.28. The van der Waals surface area contributed by atoms with Crippen LogP contribution in [0.1, 0.15) is 169 Å². The zero-order valence-corrected chi connectivity index (χ0v) is 22.9. The van der Waals surface area contributed by atoms with E-state index in [0.29, 0.717) is 0 Å². The maximum absolute atomic E-state index is 5.76. The van der Waals surface area contributed by atoms with Gasteiger partial charge in [0.15, 0.2) is 0 Å². The Morgan fingerprint density at radius 1 is 0.419 bits per heavy atom. The van der Waals surface area contributed by atoms with Gasteiger partial charge in [0.05, 0.1) is 6.17 Å². The first-order chi connectivity index (χ1) is 15.2. The number of nitrogens with two attached hydrogens (primary N) is 1. The molecule has 0 amide bonds. The first-order valence-corrected chi connectivity index (χ1v) is 14.7. The highest BCUT2D eigenvalue weighted by atomic mass is 15.2. The lowest BCUT2D eigenvalue weighted by Gasteiger charge is -2.24. The largest absolute Gasteiger partial charge is 0.316 e. The van der Waals surface area contributed by atoms with Gasteiger partial charge < -0.3 is 5.73 Å². The fraction of sp³-hybridized carbons (Fsp3) is 1.00. The van der Waals surface area contributed by atoms with E-state index in [9.17, 15) is 0 Å². The van der Waals surface area contributed by atoms with E-state index in [1.165, 1.54) is 128 Å². The van der Waals surface area contributed by atoms with Crippen molar-refractivity contribution < 1.29 is 0 Å². The maximum atomic E-state index is 5.76. The zero-order valence-electron chi connectivity index (χ0n) is 22.9. The normalized spacial score (nSPS) is 12.1. The lowest BCUT2D eigenvalue weighted by Crippen LogP contribution is -2.41. The molecule has 0 saturated heterocycles. The number of nitrogens with zero attached hydrogens (tertiary/aromatic N) is 1. The molecule has 0 radical (unpaired) electrons. The van der Waals surface area contributed by atoms with E-state index >= 15 is 0 Å². The van der Waals surface area contributed by atoms with Crippen LogP contribution in [0.2, 0.25) is 0 Å². The Morgan fingerprint density at radius 3 is 0.774 bits per heavy atom. The average Bonchev–Trinajstić information content (AvgIpc) is 2.79. The molecule has 0 aromatic carbocycles. The van der Waals surface area contributed by atoms with E-state index in [2.05, 4.69) is 39.5 Å². The van der Waals surface area contributed by atoms with Crippen molar-refractivity contribution in [1.82, 2.24) is 4.90 Å². The molecule has 2 N–H and O–H groups in total. The molecule has 0 aromatic heterocycles. The lowest BCUT2D eigenvalue weighted by molar-refractivity contribution is 0.216. The second-order valence-electron chi connectivity index (χ2n) is 9.56. The first-order valence-electron chi connectivity index (χ1n) is 14.7. The molecule has 0 bridgehead atoms. The van der Waals surface area contributed by atoms with E-state index < -0.39 is 0 Å². The highest BCUT2D eigenvalue weighted by Gasteiger charge is 2.05. The third-order valence-corrected chi connectivity index (χ3v) is 6.66. The van der Waals surface area contributed by atoms with Crippen LogP contribution in [-0.4, -0.2) is 24.2 Å². The summed E-state index contributed by atoms with van der Waals surface area (Å²) in [6, 6.07) is 0. The van der Waals surface area contributed by atoms with E-state index in [-0.39, 0.29) is 6.17 Å². The fourth-order valence-electron chi connectivity index (χ4n) is 4.28. The smallest absolute Gasteiger partial charge is 0.0568 e. The van der Waals surface area contributed by atoms with Crippen LogP contribution in [-0.2, 0) is 0 Å². The molecule has 0 rings (SSSR count). The summed E-state index contributed by atoms with van der Waals surface area (Å²) in [7, 11) is 0. The minimum atomic E-state index is 0.264. The molecule has 0 aliphatic heterocycles. The highest BCUT2D eigenvalue weighted by molar-refractivity contribution is 4.59. The Labute approximate surface area is 199 Å². The van der Waals surface area contributed by atoms with E-state index in [1.54, 1.807) is 0 Å². The van der Waals surface area contributed by atoms with Crippen molar-refractivity contribution in [1.29, 1.82) is 0 Å². The molecule has 0 aromatic rings. The van der Waals surface area contributed by atoms with Gasteiger partial charge in [-0.05, 0) is 19.5 Å². The van der Waals surface area contributed by atoms with Crippen molar-refractivity contribution in [2.75, 3.05) is 13.1 Å². The van der Waals surface area contributed by atoms with Crippen LogP contribution >= 0.6 is 0 Å². The molecular weight excluding hydrogens is 376 g/mol. The van der Waals surface area contributed by atoms with Crippen LogP contribution < -0.4 is 5.73 Å². The summed E-state index contributed by atoms with van der Waals surface area (Å²) in [4.78, 5) is 2.25. The summed E-state index contributed by atoms with van der Waals surface area (Å²) in [5, 5.41) is 0. The van der Waals surface area contributed by atoms with Gasteiger partial charge in [0.1, 0.15) is 0 Å². The molecular formula is C29H64N2. The molecule has 2 heteroatoms. The van der Waals surface area contributed by atoms with Gasteiger partial charge in [-0.25, -0.2) is 0 Å². The predicted octanol–water partition coefficient (Wildman–Crippen LogP) is 9.85. The average molecular weight is 441 g/mol. The van der Waals surface area contributed by atoms with Crippen molar-refractivity contribution in [3.8, 4) is 0 Å². The topological polar surface area (TPSA) is 29.3 Å². The van der Waals surface area contributed by atoms with E-state index in [1.807, 2.05) is 0 Å². The Morgan fingerprint density at radius 2 is 0.645 bits per heavy atom. The Bertz CT molecular complexity index is 268. The summed E-state index contributed by atoms with van der Waals surface area (Å²) in [6.45, 7) is 13.1. The summed E-state index contributed by atoms with van der Waals surface area (Å²) < 4.78 is 0. The molecule has 190 valence electrons. The standard InChI is InChI=1S/C22H46.C7H18N2/c1-3-5-7-9-11-13-15-17-19-21-22-20-18-16-14-12-10-8-6-4-2;1-4-7(8)9(5-2)6-3/h3-22H2,1-2H3;7H,4-6,8H2,1-3H3. The van der Waals surface area contributed by atoms with E-state index in [0.717, 1.165) is 19.5 Å². The van der Waals surface area contributed by atoms with Gasteiger partial charge in [-0.15, -0.1) is 0 Å². The Balaban J connectivity index is 0. The zero-order chi connectivity index (χ0) is 23.4. The lowest BCUT2D eigenvalue weighted by atomic mass is 10.0. The van der Waals surface area contributed by atoms with E-state index in [4.69, 9.17) is 5.73 Å². The molecule has 0 fully saturated rings. The van der Waals surface area contributed by atoms with Crippen LogP contribution in [0.25, 0.3) is 0 Å². The van der Waals surface area contributed by atoms with Crippen molar-refractivity contribution in [3.63, 3.8) is 0 Å². The van der Waals surface area contributed by atoms with Gasteiger partial charge in [-0.3, -0.25) is 4.90 Å². The van der Waals surface area contributed by atoms with Gasteiger partial charge in [-0.1, -0.05) is 163 Å². The molecule has 0 spiro atoms. The Hall–Kier alpha value is -0.0800. The predicted molar refractivity (Wildman–Crippen MR) is 145 cm³/mol. The molecule has 2 nitrogen and oxygen atoms in total. The van der Waals surface area contributed by atoms with Gasteiger partial charge in [0.2, 0.25) is 0 Å². The van der Waals surface area contributed by atoms with Crippen LogP contribution in [0.5, 0.6) is 0 Å². The number of unbranched alkanes of at least 4 members (excludes halogenated alkanes) is 19. The third kappa shape index (κ3) is 27.9. The van der Waals surface area contributed by atoms with Crippen molar-refractivity contribution >= 4 is 0 Å². The number of hydrogen-bond acceptors (Lipinski definition) is 2. The molecule has 0 aliphatic carbocycles. The Kier molecular flexibility index (Phi) is 31.9. The molecule has 1 unspecified atom stereocenters. The molecule has 1 atom stereocenters. The SMILES string of the molecule is CCC(N)N(CC)CC.CCCCCCCCCCCCCCCCCCCCCC. The first kappa shape index (κ1) is 33.1. The number of rotatable bonds is 23. The van der Waals surface area contributed by atoms with Crippen LogP contribution in [0.4, 0.5) is 0 Å². The van der Waals surface area contributed by atoms with Gasteiger partial charge in [-0.2, -0.15) is 0 Å². The van der Waals surface area contributed by atoms with Crippen LogP contribution in [0, 0.1) is 0 Å². The van der Waals surface area contributed by atoms with Gasteiger partial charge in [0, 0.05) is 0 Å². The second-order valence-corrected chi connectivity index (χ2v) is 9.56. The van der Waals surface area contributed by atoms with Crippen LogP contribution in [0.15, 0.2) is 0 Å². The molecule has 0 saturated carbocycles. The highest BCUT2D eigenvalue weighted by Crippen LogP contribution is 2.14.